The largest absolute Gasteiger partial charge is 0.437 e. The smallest absolute Gasteiger partial charge is 0.401 e. The maximum Gasteiger partial charge on any atom is 0.437 e. The van der Waals surface area contributed by atoms with Gasteiger partial charge in [0.1, 0.15) is 0 Å². The van der Waals surface area contributed by atoms with E-state index in [9.17, 15) is 4.79 Å². The number of nitrogens with one attached hydrogen (secondary N) is 1. The van der Waals surface area contributed by atoms with E-state index in [1.54, 1.807) is 0 Å². The molecule has 0 heterocycles. The van der Waals surface area contributed by atoms with Gasteiger partial charge in [0.25, 0.3) is 0 Å². The van der Waals surface area contributed by atoms with Gasteiger partial charge in [-0.25, -0.2) is 10.3 Å². The van der Waals surface area contributed by atoms with Gasteiger partial charge in [-0.15, -0.1) is 0 Å². The number of hydroxylamine groups is 1. The predicted octanol–water partition coefficient (Wildman–Crippen LogP) is 3.65. The van der Waals surface area contributed by atoms with Gasteiger partial charge in [-0.2, -0.15) is 0 Å². The van der Waals surface area contributed by atoms with Gasteiger partial charge in [-0.05, 0) is 23.3 Å². The molecule has 2 aromatic carbocycles. The van der Waals surface area contributed by atoms with E-state index >= 15 is 0 Å². The molecule has 0 spiro atoms. The first-order valence-electron chi connectivity index (χ1n) is 6.45. The molecule has 4 nitrogen and oxygen atoms in total. The summed E-state index contributed by atoms with van der Waals surface area (Å²) in [6, 6.07) is 19.7. The molecule has 0 aliphatic heterocycles. The normalized spacial score (nSPS) is 10.2. The minimum atomic E-state index is -0.972. The first kappa shape index (κ1) is 15.2. The van der Waals surface area contributed by atoms with Gasteiger partial charge in [0.05, 0.1) is 0 Å². The minimum absolute atomic E-state index is 0.00797. The van der Waals surface area contributed by atoms with E-state index in [1.807, 2.05) is 60.7 Å². The molecule has 0 saturated carbocycles. The Hall–Kier alpha value is -2.24. The molecule has 0 unspecified atom stereocenters. The SMILES string of the molecule is O=C(NO)OC(=S)CC(c1ccccc1)c1ccccc1. The molecule has 0 fully saturated rings. The second-order valence-electron chi connectivity index (χ2n) is 4.45. The Morgan fingerprint density at radius 3 is 1.95 bits per heavy atom. The maximum absolute atomic E-state index is 11.0. The van der Waals surface area contributed by atoms with Crippen LogP contribution in [0.3, 0.4) is 0 Å². The molecule has 5 heteroatoms. The van der Waals surface area contributed by atoms with Crippen LogP contribution in [-0.4, -0.2) is 16.4 Å². The van der Waals surface area contributed by atoms with Gasteiger partial charge in [0, 0.05) is 12.3 Å². The van der Waals surface area contributed by atoms with Gasteiger partial charge in [0.15, 0.2) is 5.05 Å². The summed E-state index contributed by atoms with van der Waals surface area (Å²) in [6.07, 6.45) is -0.601. The van der Waals surface area contributed by atoms with Gasteiger partial charge < -0.3 is 4.74 Å². The summed E-state index contributed by atoms with van der Waals surface area (Å²) in [5.74, 6) is -0.00797. The van der Waals surface area contributed by atoms with Crippen LogP contribution >= 0.6 is 12.2 Å². The summed E-state index contributed by atoms with van der Waals surface area (Å²) in [7, 11) is 0. The molecule has 0 saturated heterocycles. The minimum Gasteiger partial charge on any atom is -0.401 e. The summed E-state index contributed by atoms with van der Waals surface area (Å²) in [4.78, 5) is 11.0. The third kappa shape index (κ3) is 4.37. The highest BCUT2D eigenvalue weighted by Gasteiger charge is 2.18. The summed E-state index contributed by atoms with van der Waals surface area (Å²) >= 11 is 5.08. The number of ether oxygens (including phenoxy) is 1. The molecule has 1 amide bonds. The average molecular weight is 301 g/mol. The molecular weight excluding hydrogens is 286 g/mol. The molecular formula is C16H15NO3S. The fraction of sp³-hybridized carbons (Fsp3) is 0.125. The van der Waals surface area contributed by atoms with Crippen molar-refractivity contribution in [2.75, 3.05) is 0 Å². The van der Waals surface area contributed by atoms with Crippen LogP contribution in [-0.2, 0) is 4.74 Å². The van der Waals surface area contributed by atoms with Crippen molar-refractivity contribution in [1.82, 2.24) is 5.48 Å². The summed E-state index contributed by atoms with van der Waals surface area (Å²) in [5.41, 5.74) is 3.56. The number of rotatable bonds is 4. The summed E-state index contributed by atoms with van der Waals surface area (Å²) in [5, 5.41) is 8.59. The first-order valence-corrected chi connectivity index (χ1v) is 6.86. The molecule has 2 rings (SSSR count). The highest BCUT2D eigenvalue weighted by atomic mass is 32.1. The monoisotopic (exact) mass is 301 g/mol. The number of benzene rings is 2. The highest BCUT2D eigenvalue weighted by Crippen LogP contribution is 2.28. The van der Waals surface area contributed by atoms with Crippen LogP contribution in [0.4, 0.5) is 4.79 Å². The van der Waals surface area contributed by atoms with E-state index in [-0.39, 0.29) is 11.0 Å². The van der Waals surface area contributed by atoms with Crippen molar-refractivity contribution < 1.29 is 14.7 Å². The third-order valence-electron chi connectivity index (χ3n) is 3.07. The molecule has 0 bridgehead atoms. The van der Waals surface area contributed by atoms with Crippen molar-refractivity contribution >= 4 is 23.4 Å². The molecule has 0 radical (unpaired) electrons. The molecule has 0 atom stereocenters. The molecule has 2 aromatic rings. The zero-order chi connectivity index (χ0) is 15.1. The number of carbonyl (C=O) groups excluding carboxylic acids is 1. The van der Waals surface area contributed by atoms with E-state index in [4.69, 9.17) is 22.2 Å². The lowest BCUT2D eigenvalue weighted by Crippen LogP contribution is -2.23. The van der Waals surface area contributed by atoms with Crippen LogP contribution in [0.5, 0.6) is 0 Å². The zero-order valence-corrected chi connectivity index (χ0v) is 12.0. The van der Waals surface area contributed by atoms with Gasteiger partial charge in [-0.3, -0.25) is 5.21 Å². The first-order chi connectivity index (χ1) is 10.2. The van der Waals surface area contributed by atoms with Crippen LogP contribution in [0.15, 0.2) is 60.7 Å². The molecule has 2 N–H and O–H groups in total. The van der Waals surface area contributed by atoms with Crippen LogP contribution in [0.25, 0.3) is 0 Å². The molecule has 0 aliphatic rings. The maximum atomic E-state index is 11.0. The molecule has 0 aromatic heterocycles. The van der Waals surface area contributed by atoms with Crippen LogP contribution < -0.4 is 5.48 Å². The topological polar surface area (TPSA) is 58.6 Å². The predicted molar refractivity (Wildman–Crippen MR) is 83.3 cm³/mol. The van der Waals surface area contributed by atoms with Crippen LogP contribution in [0.2, 0.25) is 0 Å². The lowest BCUT2D eigenvalue weighted by Gasteiger charge is -2.18. The van der Waals surface area contributed by atoms with Crippen LogP contribution in [0, 0.1) is 0 Å². The Morgan fingerprint density at radius 1 is 1.05 bits per heavy atom. The van der Waals surface area contributed by atoms with Crippen LogP contribution in [0.1, 0.15) is 23.5 Å². The number of carbonyl (C=O) groups is 1. The van der Waals surface area contributed by atoms with E-state index in [1.165, 1.54) is 5.48 Å². The summed E-state index contributed by atoms with van der Waals surface area (Å²) in [6.45, 7) is 0. The quantitative estimate of drug-likeness (QED) is 0.514. The fourth-order valence-electron chi connectivity index (χ4n) is 2.13. The number of hydrogen-bond acceptors (Lipinski definition) is 4. The van der Waals surface area contributed by atoms with E-state index < -0.39 is 6.09 Å². The Kier molecular flexibility index (Phi) is 5.43. The van der Waals surface area contributed by atoms with E-state index in [2.05, 4.69) is 0 Å². The number of thiocarbonyl (C=S) groups is 1. The lowest BCUT2D eigenvalue weighted by molar-refractivity contribution is 0.125. The Balaban J connectivity index is 2.21. The van der Waals surface area contributed by atoms with E-state index in [0.717, 1.165) is 11.1 Å². The Morgan fingerprint density at radius 2 is 1.52 bits per heavy atom. The average Bonchev–Trinajstić information content (AvgIpc) is 2.54. The molecule has 108 valence electrons. The van der Waals surface area contributed by atoms with Gasteiger partial charge in [-0.1, -0.05) is 60.7 Å². The third-order valence-corrected chi connectivity index (χ3v) is 3.32. The second-order valence-corrected chi connectivity index (χ2v) is 4.91. The molecule has 21 heavy (non-hydrogen) atoms. The van der Waals surface area contributed by atoms with Crippen molar-refractivity contribution in [3.8, 4) is 0 Å². The Bertz CT molecular complexity index is 562. The van der Waals surface area contributed by atoms with Crippen molar-refractivity contribution in [2.24, 2.45) is 0 Å². The number of amides is 1. The van der Waals surface area contributed by atoms with Crippen molar-refractivity contribution in [1.29, 1.82) is 0 Å². The highest BCUT2D eigenvalue weighted by molar-refractivity contribution is 7.80. The standard InChI is InChI=1S/C16H15NO3S/c18-16(17-19)20-15(21)11-14(12-7-3-1-4-8-12)13-9-5-2-6-10-13/h1-10,14,19H,11H2,(H,17,18). The Labute approximate surface area is 128 Å². The molecule has 0 aliphatic carbocycles. The van der Waals surface area contributed by atoms with Gasteiger partial charge in [0.2, 0.25) is 0 Å². The van der Waals surface area contributed by atoms with E-state index in [0.29, 0.717) is 6.42 Å². The lowest BCUT2D eigenvalue weighted by atomic mass is 9.89. The van der Waals surface area contributed by atoms with Crippen molar-refractivity contribution in [2.45, 2.75) is 12.3 Å². The van der Waals surface area contributed by atoms with Crippen molar-refractivity contribution in [3.05, 3.63) is 71.8 Å². The van der Waals surface area contributed by atoms with Crippen molar-refractivity contribution in [3.63, 3.8) is 0 Å². The zero-order valence-electron chi connectivity index (χ0n) is 11.2. The second kappa shape index (κ2) is 7.52. The van der Waals surface area contributed by atoms with Gasteiger partial charge >= 0.3 is 6.09 Å². The number of hydrogen-bond donors (Lipinski definition) is 2. The fourth-order valence-corrected chi connectivity index (χ4v) is 2.38. The summed E-state index contributed by atoms with van der Waals surface area (Å²) < 4.78 is 4.80.